The number of hydrogen-bond donors (Lipinski definition) is 2. The maximum absolute atomic E-state index is 13.9. The molecule has 0 radical (unpaired) electrons. The lowest BCUT2D eigenvalue weighted by molar-refractivity contribution is -0.123. The fraction of sp³-hybridized carbons (Fsp3) is 0.375. The van der Waals surface area contributed by atoms with Crippen molar-refractivity contribution in [2.75, 3.05) is 7.05 Å². The van der Waals surface area contributed by atoms with Crippen molar-refractivity contribution in [3.63, 3.8) is 0 Å². The van der Waals surface area contributed by atoms with E-state index in [1.165, 1.54) is 6.07 Å². The second-order valence-electron chi connectivity index (χ2n) is 5.76. The summed E-state index contributed by atoms with van der Waals surface area (Å²) in [5.74, 6) is -0.545. The SMILES string of the molecule is CNC(C(=O)NC1CC1c1c(F)cccc1Cl)c1cnn(C)c1.Cl. The van der Waals surface area contributed by atoms with Crippen molar-refractivity contribution in [3.8, 4) is 0 Å². The Bertz CT molecular complexity index is 716. The topological polar surface area (TPSA) is 59.0 Å². The molecule has 2 N–H and O–H groups in total. The smallest absolute Gasteiger partial charge is 0.242 e. The van der Waals surface area contributed by atoms with Gasteiger partial charge in [0.25, 0.3) is 0 Å². The van der Waals surface area contributed by atoms with Gasteiger partial charge < -0.3 is 10.6 Å². The maximum Gasteiger partial charge on any atom is 0.242 e. The molecule has 1 saturated carbocycles. The lowest BCUT2D eigenvalue weighted by atomic mass is 10.1. The molecule has 1 aromatic heterocycles. The highest BCUT2D eigenvalue weighted by atomic mass is 35.5. The first-order valence-electron chi connectivity index (χ1n) is 7.41. The molecule has 0 spiro atoms. The molecule has 3 rings (SSSR count). The number of likely N-dealkylation sites (N-methyl/N-ethyl adjacent to an activating group) is 1. The second-order valence-corrected chi connectivity index (χ2v) is 6.17. The lowest BCUT2D eigenvalue weighted by Gasteiger charge is -2.15. The Balaban J connectivity index is 0.00000208. The Morgan fingerprint density at radius 2 is 2.25 bits per heavy atom. The van der Waals surface area contributed by atoms with E-state index < -0.39 is 6.04 Å². The molecule has 1 fully saturated rings. The number of hydrogen-bond acceptors (Lipinski definition) is 3. The number of aromatic nitrogens is 2. The van der Waals surface area contributed by atoms with E-state index in [-0.39, 0.29) is 36.1 Å². The van der Waals surface area contributed by atoms with Crippen molar-refractivity contribution >= 4 is 29.9 Å². The summed E-state index contributed by atoms with van der Waals surface area (Å²) in [7, 11) is 3.51. The van der Waals surface area contributed by atoms with Crippen molar-refractivity contribution in [2.45, 2.75) is 24.4 Å². The van der Waals surface area contributed by atoms with E-state index in [9.17, 15) is 9.18 Å². The van der Waals surface area contributed by atoms with Crippen LogP contribution in [0.5, 0.6) is 0 Å². The number of amides is 1. The summed E-state index contributed by atoms with van der Waals surface area (Å²) in [5.41, 5.74) is 1.27. The van der Waals surface area contributed by atoms with Crippen LogP contribution in [0.4, 0.5) is 4.39 Å². The van der Waals surface area contributed by atoms with Crippen LogP contribution in [0.15, 0.2) is 30.6 Å². The highest BCUT2D eigenvalue weighted by Crippen LogP contribution is 2.45. The molecule has 3 atom stereocenters. The summed E-state index contributed by atoms with van der Waals surface area (Å²) in [6, 6.07) is 4.06. The Morgan fingerprint density at radius 1 is 1.50 bits per heavy atom. The minimum atomic E-state index is -0.485. The zero-order chi connectivity index (χ0) is 16.6. The van der Waals surface area contributed by atoms with Crippen LogP contribution in [0, 0.1) is 5.82 Å². The van der Waals surface area contributed by atoms with Gasteiger partial charge in [0.15, 0.2) is 0 Å². The van der Waals surface area contributed by atoms with E-state index in [1.54, 1.807) is 43.3 Å². The second kappa shape index (κ2) is 7.51. The monoisotopic (exact) mass is 372 g/mol. The van der Waals surface area contributed by atoms with Crippen LogP contribution in [-0.2, 0) is 11.8 Å². The molecule has 0 saturated heterocycles. The normalized spacial score (nSPS) is 20.2. The van der Waals surface area contributed by atoms with Gasteiger partial charge in [-0.05, 0) is 25.6 Å². The Hall–Kier alpha value is -1.63. The Morgan fingerprint density at radius 3 is 2.83 bits per heavy atom. The largest absolute Gasteiger partial charge is 0.351 e. The van der Waals surface area contributed by atoms with Crippen molar-refractivity contribution in [2.24, 2.45) is 7.05 Å². The Labute approximate surface area is 151 Å². The number of aryl methyl sites for hydroxylation is 1. The van der Waals surface area contributed by atoms with Gasteiger partial charge in [0.1, 0.15) is 11.9 Å². The molecule has 3 unspecified atom stereocenters. The third-order valence-electron chi connectivity index (χ3n) is 4.10. The maximum atomic E-state index is 13.9. The van der Waals surface area contributed by atoms with E-state index in [4.69, 9.17) is 11.6 Å². The minimum absolute atomic E-state index is 0. The van der Waals surface area contributed by atoms with E-state index in [1.807, 2.05) is 0 Å². The zero-order valence-corrected chi connectivity index (χ0v) is 14.9. The lowest BCUT2D eigenvalue weighted by Crippen LogP contribution is -2.37. The van der Waals surface area contributed by atoms with Gasteiger partial charge in [-0.2, -0.15) is 5.10 Å². The van der Waals surface area contributed by atoms with Crippen molar-refractivity contribution < 1.29 is 9.18 Å². The first-order valence-corrected chi connectivity index (χ1v) is 7.79. The molecule has 130 valence electrons. The number of carbonyl (C=O) groups excluding carboxylic acids is 1. The quantitative estimate of drug-likeness (QED) is 0.847. The van der Waals surface area contributed by atoms with Gasteiger partial charge in [-0.15, -0.1) is 12.4 Å². The third kappa shape index (κ3) is 3.71. The summed E-state index contributed by atoms with van der Waals surface area (Å²) < 4.78 is 15.6. The van der Waals surface area contributed by atoms with E-state index in [2.05, 4.69) is 15.7 Å². The molecule has 24 heavy (non-hydrogen) atoms. The van der Waals surface area contributed by atoms with Gasteiger partial charge in [-0.25, -0.2) is 4.39 Å². The van der Waals surface area contributed by atoms with Crippen LogP contribution in [-0.4, -0.2) is 28.8 Å². The number of nitrogens with one attached hydrogen (secondary N) is 2. The van der Waals surface area contributed by atoms with Gasteiger partial charge >= 0.3 is 0 Å². The number of halogens is 3. The van der Waals surface area contributed by atoms with Gasteiger partial charge in [0.2, 0.25) is 5.91 Å². The van der Waals surface area contributed by atoms with Gasteiger partial charge in [-0.1, -0.05) is 17.7 Å². The molecule has 1 aliphatic rings. The molecule has 0 aliphatic heterocycles. The predicted molar refractivity (Wildman–Crippen MR) is 93.0 cm³/mol. The number of benzene rings is 1. The highest BCUT2D eigenvalue weighted by Gasteiger charge is 2.43. The molecule has 1 heterocycles. The molecule has 0 bridgehead atoms. The van der Waals surface area contributed by atoms with Crippen molar-refractivity contribution in [3.05, 3.63) is 52.6 Å². The molecular formula is C16H19Cl2FN4O. The van der Waals surface area contributed by atoms with E-state index in [0.717, 1.165) is 5.56 Å². The number of carbonyl (C=O) groups is 1. The van der Waals surface area contributed by atoms with Crippen LogP contribution in [0.3, 0.4) is 0 Å². The average molecular weight is 373 g/mol. The molecule has 1 amide bonds. The average Bonchev–Trinajstić information content (AvgIpc) is 3.09. The molecule has 1 aromatic carbocycles. The van der Waals surface area contributed by atoms with Crippen molar-refractivity contribution in [1.82, 2.24) is 20.4 Å². The van der Waals surface area contributed by atoms with Crippen LogP contribution >= 0.6 is 24.0 Å². The summed E-state index contributed by atoms with van der Waals surface area (Å²) in [5, 5.41) is 10.4. The zero-order valence-electron chi connectivity index (χ0n) is 13.3. The van der Waals surface area contributed by atoms with E-state index >= 15 is 0 Å². The fourth-order valence-corrected chi connectivity index (χ4v) is 3.15. The summed E-state index contributed by atoms with van der Waals surface area (Å²) in [4.78, 5) is 12.4. The highest BCUT2D eigenvalue weighted by molar-refractivity contribution is 6.31. The minimum Gasteiger partial charge on any atom is -0.351 e. The Kier molecular flexibility index (Phi) is 5.85. The molecular weight excluding hydrogens is 354 g/mol. The molecule has 5 nitrogen and oxygen atoms in total. The van der Waals surface area contributed by atoms with Gasteiger partial charge in [0.05, 0.1) is 6.20 Å². The number of rotatable bonds is 5. The van der Waals surface area contributed by atoms with Gasteiger partial charge in [0, 0.05) is 41.4 Å². The molecule has 1 aliphatic carbocycles. The van der Waals surface area contributed by atoms with Gasteiger partial charge in [-0.3, -0.25) is 9.48 Å². The van der Waals surface area contributed by atoms with Crippen LogP contribution < -0.4 is 10.6 Å². The summed E-state index contributed by atoms with van der Waals surface area (Å²) in [6.07, 6.45) is 4.13. The standard InChI is InChI=1S/C16H18ClFN4O.ClH/c1-19-15(9-7-20-22(2)8-9)16(23)21-13-6-10(13)14-11(17)4-3-5-12(14)18;/h3-5,7-8,10,13,15,19H,6H2,1-2H3,(H,21,23);1H. The van der Waals surface area contributed by atoms with Crippen molar-refractivity contribution in [1.29, 1.82) is 0 Å². The molecule has 8 heteroatoms. The predicted octanol–water partition coefficient (Wildman–Crippen LogP) is 2.57. The van der Waals surface area contributed by atoms with Crippen LogP contribution in [0.25, 0.3) is 0 Å². The fourth-order valence-electron chi connectivity index (χ4n) is 2.84. The summed E-state index contributed by atoms with van der Waals surface area (Å²) >= 11 is 6.08. The van der Waals surface area contributed by atoms with Crippen LogP contribution in [0.2, 0.25) is 5.02 Å². The summed E-state index contributed by atoms with van der Waals surface area (Å²) in [6.45, 7) is 0. The first kappa shape index (κ1) is 18.7. The molecule has 2 aromatic rings. The van der Waals surface area contributed by atoms with Crippen LogP contribution in [0.1, 0.15) is 29.5 Å². The number of nitrogens with zero attached hydrogens (tertiary/aromatic N) is 2. The first-order chi connectivity index (χ1) is 11.0. The van der Waals surface area contributed by atoms with E-state index in [0.29, 0.717) is 17.0 Å². The third-order valence-corrected chi connectivity index (χ3v) is 4.43.